The van der Waals surface area contributed by atoms with E-state index in [-0.39, 0.29) is 17.0 Å². The van der Waals surface area contributed by atoms with E-state index in [1.807, 2.05) is 6.92 Å². The lowest BCUT2D eigenvalue weighted by Crippen LogP contribution is -2.41. The first-order chi connectivity index (χ1) is 7.89. The Hall–Kier alpha value is -0.570. The average Bonchev–Trinajstić information content (AvgIpc) is 2.72. The molecule has 2 aliphatic carbocycles. The minimum atomic E-state index is -0.197. The number of carbonyl (C=O) groups is 1. The van der Waals surface area contributed by atoms with E-state index in [2.05, 4.69) is 19.2 Å². The van der Waals surface area contributed by atoms with Gasteiger partial charge in [-0.05, 0) is 51.4 Å². The van der Waals surface area contributed by atoms with Gasteiger partial charge in [0.2, 0.25) is 5.91 Å². The summed E-state index contributed by atoms with van der Waals surface area (Å²) in [6.07, 6.45) is 6.20. The third-order valence-electron chi connectivity index (χ3n) is 5.09. The van der Waals surface area contributed by atoms with Gasteiger partial charge in [-0.15, -0.1) is 0 Å². The van der Waals surface area contributed by atoms with Crippen LogP contribution in [0.15, 0.2) is 0 Å². The van der Waals surface area contributed by atoms with Crippen molar-refractivity contribution in [3.8, 4) is 0 Å². The van der Waals surface area contributed by atoms with Crippen molar-refractivity contribution in [2.24, 2.45) is 17.6 Å². The number of rotatable bonds is 5. The molecule has 2 unspecified atom stereocenters. The van der Waals surface area contributed by atoms with Crippen molar-refractivity contribution in [2.45, 2.75) is 70.4 Å². The lowest BCUT2D eigenvalue weighted by atomic mass is 9.94. The van der Waals surface area contributed by atoms with E-state index in [0.717, 1.165) is 24.7 Å². The molecule has 0 aromatic carbocycles. The molecule has 3 N–H and O–H groups in total. The van der Waals surface area contributed by atoms with Crippen LogP contribution in [0.4, 0.5) is 0 Å². The summed E-state index contributed by atoms with van der Waals surface area (Å²) in [5.41, 5.74) is 5.98. The fourth-order valence-corrected chi connectivity index (χ4v) is 3.38. The average molecular weight is 238 g/mol. The summed E-state index contributed by atoms with van der Waals surface area (Å²) in [5, 5.41) is 3.23. The van der Waals surface area contributed by atoms with Crippen LogP contribution in [0.25, 0.3) is 0 Å². The van der Waals surface area contributed by atoms with Gasteiger partial charge < -0.3 is 11.1 Å². The molecule has 0 aromatic heterocycles. The SMILES string of the molecule is CCC(C)(N)CCC(=O)NC1(C)[C@@H]2CCC[C@@H]21. The second kappa shape index (κ2) is 4.27. The van der Waals surface area contributed by atoms with Crippen molar-refractivity contribution in [3.05, 3.63) is 0 Å². The molecular formula is C14H26N2O. The maximum atomic E-state index is 11.9. The monoisotopic (exact) mass is 238 g/mol. The molecule has 0 saturated heterocycles. The van der Waals surface area contributed by atoms with E-state index in [1.54, 1.807) is 0 Å². The van der Waals surface area contributed by atoms with Gasteiger partial charge in [-0.3, -0.25) is 4.79 Å². The summed E-state index contributed by atoms with van der Waals surface area (Å²) in [6.45, 7) is 6.30. The van der Waals surface area contributed by atoms with E-state index in [4.69, 9.17) is 5.73 Å². The summed E-state index contributed by atoms with van der Waals surface area (Å²) < 4.78 is 0. The summed E-state index contributed by atoms with van der Waals surface area (Å²) in [4.78, 5) is 11.9. The van der Waals surface area contributed by atoms with Crippen molar-refractivity contribution in [1.29, 1.82) is 0 Å². The zero-order chi connectivity index (χ0) is 12.7. The normalized spacial score (nSPS) is 38.4. The van der Waals surface area contributed by atoms with Gasteiger partial charge >= 0.3 is 0 Å². The van der Waals surface area contributed by atoms with E-state index in [0.29, 0.717) is 6.42 Å². The van der Waals surface area contributed by atoms with Gasteiger partial charge in [0.25, 0.3) is 0 Å². The van der Waals surface area contributed by atoms with Crippen LogP contribution in [0.5, 0.6) is 0 Å². The summed E-state index contributed by atoms with van der Waals surface area (Å²) in [5.74, 6) is 1.69. The highest BCUT2D eigenvalue weighted by atomic mass is 16.1. The molecule has 0 aliphatic heterocycles. The molecule has 0 heterocycles. The molecular weight excluding hydrogens is 212 g/mol. The molecule has 0 radical (unpaired) electrons. The van der Waals surface area contributed by atoms with Crippen LogP contribution < -0.4 is 11.1 Å². The first-order valence-electron chi connectivity index (χ1n) is 6.99. The van der Waals surface area contributed by atoms with E-state index < -0.39 is 0 Å². The molecule has 2 fully saturated rings. The minimum absolute atomic E-state index is 0.118. The summed E-state index contributed by atoms with van der Waals surface area (Å²) in [6, 6.07) is 0. The maximum absolute atomic E-state index is 11.9. The second-order valence-electron chi connectivity index (χ2n) is 6.48. The fraction of sp³-hybridized carbons (Fsp3) is 0.929. The molecule has 0 bridgehead atoms. The predicted molar refractivity (Wildman–Crippen MR) is 69.5 cm³/mol. The van der Waals surface area contributed by atoms with Crippen LogP contribution in [0.2, 0.25) is 0 Å². The number of hydrogen-bond acceptors (Lipinski definition) is 2. The molecule has 1 amide bonds. The number of fused-ring (bicyclic) bond motifs is 1. The van der Waals surface area contributed by atoms with Gasteiger partial charge in [0.1, 0.15) is 0 Å². The van der Waals surface area contributed by atoms with Crippen molar-refractivity contribution in [2.75, 3.05) is 0 Å². The molecule has 0 spiro atoms. The topological polar surface area (TPSA) is 55.1 Å². The van der Waals surface area contributed by atoms with Crippen molar-refractivity contribution in [3.63, 3.8) is 0 Å². The Bertz CT molecular complexity index is 301. The Morgan fingerprint density at radius 1 is 1.47 bits per heavy atom. The number of amides is 1. The van der Waals surface area contributed by atoms with Crippen molar-refractivity contribution < 1.29 is 4.79 Å². The van der Waals surface area contributed by atoms with Crippen LogP contribution in [-0.2, 0) is 4.79 Å². The number of hydrogen-bond donors (Lipinski definition) is 2. The van der Waals surface area contributed by atoms with Gasteiger partial charge in [0, 0.05) is 17.5 Å². The first kappa shape index (κ1) is 12.9. The second-order valence-corrected chi connectivity index (χ2v) is 6.48. The standard InChI is InChI=1S/C14H26N2O/c1-4-13(2,15)9-8-12(17)16-14(3)10-6-5-7-11(10)14/h10-11H,4-9,15H2,1-3H3,(H,16,17)/t10-,11+,13?,14?. The van der Waals surface area contributed by atoms with Crippen LogP contribution in [0.3, 0.4) is 0 Å². The maximum Gasteiger partial charge on any atom is 0.220 e. The number of nitrogens with two attached hydrogens (primary N) is 1. The van der Waals surface area contributed by atoms with E-state index in [1.165, 1.54) is 19.3 Å². The fourth-order valence-electron chi connectivity index (χ4n) is 3.38. The highest BCUT2D eigenvalue weighted by molar-refractivity contribution is 5.77. The molecule has 0 aromatic rings. The Morgan fingerprint density at radius 2 is 2.06 bits per heavy atom. The third kappa shape index (κ3) is 2.49. The Kier molecular flexibility index (Phi) is 3.23. The van der Waals surface area contributed by atoms with Gasteiger partial charge in [-0.1, -0.05) is 13.3 Å². The first-order valence-corrected chi connectivity index (χ1v) is 6.99. The van der Waals surface area contributed by atoms with Gasteiger partial charge in [0.15, 0.2) is 0 Å². The van der Waals surface area contributed by atoms with Gasteiger partial charge in [-0.25, -0.2) is 0 Å². The summed E-state index contributed by atoms with van der Waals surface area (Å²) in [7, 11) is 0. The zero-order valence-corrected chi connectivity index (χ0v) is 11.4. The van der Waals surface area contributed by atoms with Gasteiger partial charge in [-0.2, -0.15) is 0 Å². The summed E-state index contributed by atoms with van der Waals surface area (Å²) >= 11 is 0. The lowest BCUT2D eigenvalue weighted by molar-refractivity contribution is -0.122. The smallest absolute Gasteiger partial charge is 0.220 e. The minimum Gasteiger partial charge on any atom is -0.350 e. The molecule has 2 saturated carbocycles. The van der Waals surface area contributed by atoms with Crippen molar-refractivity contribution in [1.82, 2.24) is 5.32 Å². The Morgan fingerprint density at radius 3 is 2.59 bits per heavy atom. The molecule has 2 rings (SSSR count). The third-order valence-corrected chi connectivity index (χ3v) is 5.09. The largest absolute Gasteiger partial charge is 0.350 e. The highest BCUT2D eigenvalue weighted by Gasteiger charge is 2.63. The molecule has 4 atom stereocenters. The molecule has 3 nitrogen and oxygen atoms in total. The lowest BCUT2D eigenvalue weighted by Gasteiger charge is -2.23. The highest BCUT2D eigenvalue weighted by Crippen LogP contribution is 2.60. The molecule has 2 aliphatic rings. The Labute approximate surface area is 105 Å². The molecule has 17 heavy (non-hydrogen) atoms. The molecule has 3 heteroatoms. The van der Waals surface area contributed by atoms with Crippen LogP contribution in [-0.4, -0.2) is 17.0 Å². The Balaban J connectivity index is 1.75. The zero-order valence-electron chi connectivity index (χ0n) is 11.4. The quantitative estimate of drug-likeness (QED) is 0.771. The van der Waals surface area contributed by atoms with Gasteiger partial charge in [0.05, 0.1) is 0 Å². The van der Waals surface area contributed by atoms with E-state index in [9.17, 15) is 4.79 Å². The van der Waals surface area contributed by atoms with Crippen molar-refractivity contribution >= 4 is 5.91 Å². The van der Waals surface area contributed by atoms with Crippen LogP contribution in [0, 0.1) is 11.8 Å². The van der Waals surface area contributed by atoms with Crippen LogP contribution >= 0.6 is 0 Å². The van der Waals surface area contributed by atoms with E-state index >= 15 is 0 Å². The molecule has 98 valence electrons. The predicted octanol–water partition coefficient (Wildman–Crippen LogP) is 2.20. The number of carbonyl (C=O) groups excluding carboxylic acids is 1. The number of nitrogens with one attached hydrogen (secondary N) is 1. The van der Waals surface area contributed by atoms with Crippen LogP contribution in [0.1, 0.15) is 59.3 Å².